The van der Waals surface area contributed by atoms with Crippen LogP contribution in [0.1, 0.15) is 99.7 Å². The number of rotatable bonds is 3. The van der Waals surface area contributed by atoms with Gasteiger partial charge in [-0.05, 0) is 175 Å². The van der Waals surface area contributed by atoms with Crippen LogP contribution in [0.3, 0.4) is 0 Å². The number of ketones is 1. The first kappa shape index (κ1) is 52.6. The number of aryl methyl sites for hydroxylation is 2. The zero-order chi connectivity index (χ0) is 37.2. The van der Waals surface area contributed by atoms with Crippen molar-refractivity contribution in [3.63, 3.8) is 0 Å². The summed E-state index contributed by atoms with van der Waals surface area (Å²) in [5, 5.41) is 20.8. The second-order valence-corrected chi connectivity index (χ2v) is 33.0. The van der Waals surface area contributed by atoms with Gasteiger partial charge in [-0.1, -0.05) is 7.43 Å². The molecule has 8 bridgehead atoms. The fourth-order valence-corrected chi connectivity index (χ4v) is 11.0. The fraction of sp³-hybridized carbons (Fsp3) is 0.667. The molecule has 296 valence electrons. The van der Waals surface area contributed by atoms with Gasteiger partial charge >= 0.3 is 56.6 Å². The predicted octanol–water partition coefficient (Wildman–Crippen LogP) is 8.17. The smallest absolute Gasteiger partial charge is 0.373 e. The summed E-state index contributed by atoms with van der Waals surface area (Å²) in [5.74, 6) is 4.48. The van der Waals surface area contributed by atoms with E-state index in [0.29, 0.717) is 66.9 Å². The van der Waals surface area contributed by atoms with E-state index in [1.54, 1.807) is 12.4 Å². The summed E-state index contributed by atoms with van der Waals surface area (Å²) in [5.41, 5.74) is 8.15. The first-order chi connectivity index (χ1) is 23.7. The molecule has 10 rings (SSSR count). The van der Waals surface area contributed by atoms with Crippen molar-refractivity contribution in [1.82, 2.24) is 9.97 Å². The molecule has 16 heteroatoms. The molecular formula is C36H50Br2I6N3O5-. The van der Waals surface area contributed by atoms with Crippen LogP contribution in [-0.4, -0.2) is 49.4 Å². The SMILES string of the molecule is C.Cc1cc(Br)cnc1C(=O)CC1C2CC3CC1CC(O)(C3)C2.Cc1cncc(Br)c1.I.II.I[I-]I.NC1C2CC3CC1CC(O)(C3)C2.O=C=O. The van der Waals surface area contributed by atoms with Crippen molar-refractivity contribution in [3.8, 4) is 0 Å². The molecule has 2 heterocycles. The molecule has 52 heavy (non-hydrogen) atoms. The number of nitrogens with zero attached hydrogens (tertiary/aromatic N) is 2. The van der Waals surface area contributed by atoms with E-state index < -0.39 is 5.60 Å². The first-order valence-corrected chi connectivity index (χ1v) is 37.1. The first-order valence-electron chi connectivity index (χ1n) is 16.7. The minimum atomic E-state index is -0.415. The number of carbonyl (C=O) groups is 1. The Morgan fingerprint density at radius 3 is 1.67 bits per heavy atom. The molecule has 2 aromatic rings. The Balaban J connectivity index is 0.000000381. The van der Waals surface area contributed by atoms with Gasteiger partial charge in [0.15, 0.2) is 5.78 Å². The summed E-state index contributed by atoms with van der Waals surface area (Å²) in [4.78, 5) is 37.2. The van der Waals surface area contributed by atoms with E-state index in [1.807, 2.05) is 32.2 Å². The Bertz CT molecular complexity index is 1410. The van der Waals surface area contributed by atoms with Gasteiger partial charge in [-0.15, -0.1) is 24.0 Å². The maximum absolute atomic E-state index is 12.7. The van der Waals surface area contributed by atoms with Crippen LogP contribution >= 0.6 is 130 Å². The summed E-state index contributed by atoms with van der Waals surface area (Å²) in [6.07, 6.45) is 17.0. The van der Waals surface area contributed by atoms with Crippen LogP contribution in [0.4, 0.5) is 0 Å². The molecule has 4 unspecified atom stereocenters. The van der Waals surface area contributed by atoms with Crippen LogP contribution in [0.5, 0.6) is 0 Å². The van der Waals surface area contributed by atoms with E-state index >= 15 is 0 Å². The molecule has 8 aliphatic rings. The van der Waals surface area contributed by atoms with Crippen molar-refractivity contribution in [2.75, 3.05) is 0 Å². The van der Waals surface area contributed by atoms with Crippen molar-refractivity contribution in [2.24, 2.45) is 47.2 Å². The molecular weight excluding hydrogens is 1480 g/mol. The number of Topliss-reactive ketones (excluding diaryl/α,β-unsaturated/α-hetero) is 1. The summed E-state index contributed by atoms with van der Waals surface area (Å²) in [7, 11) is 0. The zero-order valence-corrected chi connectivity index (χ0v) is 44.7. The molecule has 8 saturated carbocycles. The maximum Gasteiger partial charge on any atom is 0.373 e. The van der Waals surface area contributed by atoms with Gasteiger partial charge in [-0.25, -0.2) is 0 Å². The van der Waals surface area contributed by atoms with E-state index in [0.717, 1.165) is 59.0 Å². The van der Waals surface area contributed by atoms with Gasteiger partial charge in [0.1, 0.15) is 5.69 Å². The summed E-state index contributed by atoms with van der Waals surface area (Å²) in [6, 6.07) is 4.38. The number of halogens is 8. The van der Waals surface area contributed by atoms with Crippen molar-refractivity contribution in [1.29, 1.82) is 0 Å². The number of hydrogen-bond acceptors (Lipinski definition) is 8. The standard InChI is InChI=1S/C18H22BrNO2.C10H17NO.C6H6BrN.CO2.CH4.I3.I2.HI/c1-10-2-14(19)9-20-17(10)16(21)5-15-12-3-11-4-13(15)8-18(22,6-11)7-12;11-9-7-1-6-2-8(9)5-10(12,3-6)4-7;1-5-2-6(7)4-8-3-5;2-1-3;;1-3-2;1-2;/h2,9,11-13,15,22H,3-8H2,1H3;6-9,12H,1-5,11H2;2-4H,1H3;;1H4;;;1H/q;;;;;-1;;. The zero-order valence-electron chi connectivity index (χ0n) is 28.4. The van der Waals surface area contributed by atoms with Crippen molar-refractivity contribution in [3.05, 3.63) is 56.5 Å². The monoisotopic (exact) mass is 1520 g/mol. The fourth-order valence-electron chi connectivity index (χ4n) is 10.1. The molecule has 8 fully saturated rings. The third-order valence-corrected chi connectivity index (χ3v) is 12.2. The molecule has 8 nitrogen and oxygen atoms in total. The summed E-state index contributed by atoms with van der Waals surface area (Å²) >= 11 is 16.2. The number of nitrogens with two attached hydrogens (primary N) is 1. The molecule has 2 aromatic heterocycles. The van der Waals surface area contributed by atoms with Gasteiger partial charge < -0.3 is 15.9 Å². The largest absolute Gasteiger partial charge is 0.390 e. The maximum atomic E-state index is 12.7. The second-order valence-electron chi connectivity index (χ2n) is 14.9. The Morgan fingerprint density at radius 2 is 1.29 bits per heavy atom. The van der Waals surface area contributed by atoms with Gasteiger partial charge in [0.05, 0.1) is 11.2 Å². The van der Waals surface area contributed by atoms with Gasteiger partial charge in [0, 0.05) is 77.2 Å². The Hall–Kier alpha value is 2.57. The van der Waals surface area contributed by atoms with Crippen LogP contribution < -0.4 is 19.0 Å². The normalized spacial score (nSPS) is 33.1. The van der Waals surface area contributed by atoms with E-state index in [1.165, 1.54) is 31.2 Å². The molecule has 0 radical (unpaired) electrons. The van der Waals surface area contributed by atoms with E-state index in [9.17, 15) is 15.0 Å². The summed E-state index contributed by atoms with van der Waals surface area (Å²) in [6.45, 7) is 3.96. The van der Waals surface area contributed by atoms with Crippen LogP contribution in [-0.2, 0) is 9.59 Å². The molecule has 4 N–H and O–H groups in total. The molecule has 0 aliphatic heterocycles. The Morgan fingerprint density at radius 1 is 0.865 bits per heavy atom. The Kier molecular flexibility index (Phi) is 25.5. The molecule has 0 saturated heterocycles. The van der Waals surface area contributed by atoms with Crippen molar-refractivity contribution < 1.29 is 37.9 Å². The number of hydrogen-bond donors (Lipinski definition) is 3. The third-order valence-electron chi connectivity index (χ3n) is 11.3. The average molecular weight is 1530 g/mol. The van der Waals surface area contributed by atoms with Gasteiger partial charge in [-0.2, -0.15) is 9.59 Å². The number of pyridine rings is 2. The van der Waals surface area contributed by atoms with Crippen LogP contribution in [0.2, 0.25) is 0 Å². The topological polar surface area (TPSA) is 143 Å². The quantitative estimate of drug-likeness (QED) is 0.207. The number of carbonyl (C=O) groups excluding carboxylic acids is 3. The molecule has 0 spiro atoms. The van der Waals surface area contributed by atoms with Crippen LogP contribution in [0, 0.1) is 55.3 Å². The van der Waals surface area contributed by atoms with Gasteiger partial charge in [0.2, 0.25) is 0 Å². The van der Waals surface area contributed by atoms with Crippen LogP contribution in [0.15, 0.2) is 39.7 Å². The van der Waals surface area contributed by atoms with Crippen molar-refractivity contribution >= 4 is 142 Å². The number of aromatic nitrogens is 2. The molecule has 0 amide bonds. The molecule has 8 aliphatic carbocycles. The van der Waals surface area contributed by atoms with Gasteiger partial charge in [0.25, 0.3) is 0 Å². The van der Waals surface area contributed by atoms with Crippen molar-refractivity contribution in [2.45, 2.75) is 109 Å². The minimum absolute atomic E-state index is 0. The molecule has 0 aromatic carbocycles. The second kappa shape index (κ2) is 25.3. The van der Waals surface area contributed by atoms with E-state index in [-0.39, 0.29) is 48.9 Å². The third kappa shape index (κ3) is 15.3. The predicted molar refractivity (Wildman–Crippen MR) is 254 cm³/mol. The minimum Gasteiger partial charge on any atom is -0.390 e. The molecule has 4 atom stereocenters. The number of aliphatic hydroxyl groups is 2. The van der Waals surface area contributed by atoms with Crippen LogP contribution in [0.25, 0.3) is 0 Å². The summed E-state index contributed by atoms with van der Waals surface area (Å²) < 4.78 is 1.95. The van der Waals surface area contributed by atoms with Gasteiger partial charge in [-0.3, -0.25) is 14.8 Å². The Labute approximate surface area is 396 Å². The average Bonchev–Trinajstić information content (AvgIpc) is 3.02. The van der Waals surface area contributed by atoms with E-state index in [2.05, 4.69) is 116 Å². The van der Waals surface area contributed by atoms with E-state index in [4.69, 9.17) is 15.3 Å².